The molecule has 0 spiro atoms. The Morgan fingerprint density at radius 3 is 2.63 bits per heavy atom. The first-order valence-electron chi connectivity index (χ1n) is 5.95. The lowest BCUT2D eigenvalue weighted by Gasteiger charge is -2.10. The Bertz CT molecular complexity index is 569. The molecule has 0 saturated heterocycles. The van der Waals surface area contributed by atoms with E-state index in [-0.39, 0.29) is 5.92 Å². The summed E-state index contributed by atoms with van der Waals surface area (Å²) < 4.78 is 11.2. The van der Waals surface area contributed by atoms with E-state index in [2.05, 4.69) is 26.1 Å². The van der Waals surface area contributed by atoms with Gasteiger partial charge in [-0.1, -0.05) is 25.1 Å². The minimum Gasteiger partial charge on any atom is -0.496 e. The maximum absolute atomic E-state index is 6.14. The van der Waals surface area contributed by atoms with Crippen molar-refractivity contribution in [3.8, 4) is 5.75 Å². The summed E-state index contributed by atoms with van der Waals surface area (Å²) in [7, 11) is 1.62. The largest absolute Gasteiger partial charge is 0.496 e. The number of aromatic nitrogens is 2. The molecule has 2 aromatic rings. The SMILES string of the molecule is COc1ccc(C(N)c2noc(C(C)C)n2)cc1Br. The van der Waals surface area contributed by atoms with Crippen molar-refractivity contribution in [2.75, 3.05) is 7.11 Å². The fraction of sp³-hybridized carbons (Fsp3) is 0.385. The number of nitrogens with zero attached hydrogens (tertiary/aromatic N) is 2. The minimum atomic E-state index is -0.418. The second-order valence-electron chi connectivity index (χ2n) is 4.52. The predicted molar refractivity (Wildman–Crippen MR) is 75.1 cm³/mol. The van der Waals surface area contributed by atoms with Crippen LogP contribution in [0.15, 0.2) is 27.2 Å². The molecule has 6 heteroatoms. The van der Waals surface area contributed by atoms with E-state index in [9.17, 15) is 0 Å². The molecule has 1 aromatic heterocycles. The van der Waals surface area contributed by atoms with E-state index in [0.29, 0.717) is 11.7 Å². The van der Waals surface area contributed by atoms with E-state index >= 15 is 0 Å². The van der Waals surface area contributed by atoms with E-state index in [0.717, 1.165) is 15.8 Å². The summed E-state index contributed by atoms with van der Waals surface area (Å²) in [6.07, 6.45) is 0. The Morgan fingerprint density at radius 1 is 1.37 bits per heavy atom. The Hall–Kier alpha value is -1.40. The van der Waals surface area contributed by atoms with Gasteiger partial charge in [-0.25, -0.2) is 0 Å². The zero-order chi connectivity index (χ0) is 14.0. The summed E-state index contributed by atoms with van der Waals surface area (Å²) in [5, 5.41) is 3.93. The van der Waals surface area contributed by atoms with Crippen LogP contribution in [0.4, 0.5) is 0 Å². The number of nitrogens with two attached hydrogens (primary N) is 1. The van der Waals surface area contributed by atoms with Crippen LogP contribution in [0, 0.1) is 0 Å². The first kappa shape index (κ1) is 14.0. The number of hydrogen-bond donors (Lipinski definition) is 1. The number of hydrogen-bond acceptors (Lipinski definition) is 5. The zero-order valence-corrected chi connectivity index (χ0v) is 12.6. The van der Waals surface area contributed by atoms with Gasteiger partial charge < -0.3 is 15.0 Å². The van der Waals surface area contributed by atoms with Crippen LogP contribution >= 0.6 is 15.9 Å². The maximum Gasteiger partial charge on any atom is 0.229 e. The second-order valence-corrected chi connectivity index (χ2v) is 5.37. The average Bonchev–Trinajstić information content (AvgIpc) is 2.87. The molecule has 0 aliphatic rings. The van der Waals surface area contributed by atoms with Gasteiger partial charge in [0.25, 0.3) is 0 Å². The van der Waals surface area contributed by atoms with Crippen molar-refractivity contribution in [1.29, 1.82) is 0 Å². The standard InChI is InChI=1S/C13H16BrN3O2/c1-7(2)13-16-12(17-19-13)11(15)8-4-5-10(18-3)9(14)6-8/h4-7,11H,15H2,1-3H3. The molecule has 1 heterocycles. The zero-order valence-electron chi connectivity index (χ0n) is 11.1. The van der Waals surface area contributed by atoms with Crippen molar-refractivity contribution in [2.24, 2.45) is 5.73 Å². The molecule has 0 saturated carbocycles. The summed E-state index contributed by atoms with van der Waals surface area (Å²) >= 11 is 3.43. The molecule has 0 aliphatic carbocycles. The molecule has 1 atom stereocenters. The Balaban J connectivity index is 2.27. The highest BCUT2D eigenvalue weighted by molar-refractivity contribution is 9.10. The number of rotatable bonds is 4. The van der Waals surface area contributed by atoms with E-state index < -0.39 is 6.04 Å². The fourth-order valence-corrected chi connectivity index (χ4v) is 2.19. The van der Waals surface area contributed by atoms with Gasteiger partial charge in [-0.05, 0) is 33.6 Å². The van der Waals surface area contributed by atoms with Gasteiger partial charge in [0.15, 0.2) is 5.82 Å². The van der Waals surface area contributed by atoms with Crippen LogP contribution in [-0.2, 0) is 0 Å². The molecule has 0 radical (unpaired) electrons. The molecule has 19 heavy (non-hydrogen) atoms. The van der Waals surface area contributed by atoms with Crippen LogP contribution in [0.1, 0.15) is 43.1 Å². The van der Waals surface area contributed by atoms with Crippen LogP contribution in [0.25, 0.3) is 0 Å². The summed E-state index contributed by atoms with van der Waals surface area (Å²) in [6, 6.07) is 5.22. The molecule has 2 rings (SSSR count). The molecule has 1 unspecified atom stereocenters. The molecule has 0 fully saturated rings. The highest BCUT2D eigenvalue weighted by atomic mass is 79.9. The van der Waals surface area contributed by atoms with Crippen LogP contribution in [-0.4, -0.2) is 17.3 Å². The van der Waals surface area contributed by atoms with Crippen LogP contribution in [0.3, 0.4) is 0 Å². The van der Waals surface area contributed by atoms with Gasteiger partial charge in [0.2, 0.25) is 5.89 Å². The smallest absolute Gasteiger partial charge is 0.229 e. The van der Waals surface area contributed by atoms with Crippen LogP contribution in [0.2, 0.25) is 0 Å². The fourth-order valence-electron chi connectivity index (χ4n) is 1.63. The average molecular weight is 326 g/mol. The summed E-state index contributed by atoms with van der Waals surface area (Å²) in [4.78, 5) is 4.31. The molecule has 102 valence electrons. The van der Waals surface area contributed by atoms with Crippen molar-refractivity contribution in [1.82, 2.24) is 10.1 Å². The Kier molecular flexibility index (Phi) is 4.21. The molecule has 1 aromatic carbocycles. The highest BCUT2D eigenvalue weighted by Gasteiger charge is 2.18. The third kappa shape index (κ3) is 2.96. The van der Waals surface area contributed by atoms with Gasteiger partial charge in [0.05, 0.1) is 17.6 Å². The normalized spacial score (nSPS) is 12.7. The second kappa shape index (κ2) is 5.71. The van der Waals surface area contributed by atoms with E-state index in [4.69, 9.17) is 15.0 Å². The Morgan fingerprint density at radius 2 is 2.11 bits per heavy atom. The topological polar surface area (TPSA) is 74.2 Å². The van der Waals surface area contributed by atoms with Gasteiger partial charge in [0, 0.05) is 5.92 Å². The third-order valence-corrected chi connectivity index (χ3v) is 3.38. The van der Waals surface area contributed by atoms with Gasteiger partial charge in [0.1, 0.15) is 5.75 Å². The van der Waals surface area contributed by atoms with Crippen LogP contribution in [0.5, 0.6) is 5.75 Å². The van der Waals surface area contributed by atoms with Crippen molar-refractivity contribution in [3.63, 3.8) is 0 Å². The lowest BCUT2D eigenvalue weighted by atomic mass is 10.1. The van der Waals surface area contributed by atoms with Gasteiger partial charge in [-0.2, -0.15) is 4.98 Å². The summed E-state index contributed by atoms with van der Waals surface area (Å²) in [6.45, 7) is 3.99. The first-order chi connectivity index (χ1) is 9.02. The van der Waals surface area contributed by atoms with Crippen molar-refractivity contribution in [3.05, 3.63) is 40.0 Å². The van der Waals surface area contributed by atoms with Crippen molar-refractivity contribution < 1.29 is 9.26 Å². The summed E-state index contributed by atoms with van der Waals surface area (Å²) in [5.74, 6) is 2.03. The quantitative estimate of drug-likeness (QED) is 0.935. The first-order valence-corrected chi connectivity index (χ1v) is 6.74. The van der Waals surface area contributed by atoms with Gasteiger partial charge in [-0.3, -0.25) is 0 Å². The van der Waals surface area contributed by atoms with Crippen molar-refractivity contribution >= 4 is 15.9 Å². The van der Waals surface area contributed by atoms with Gasteiger partial charge >= 0.3 is 0 Å². The number of halogens is 1. The van der Waals surface area contributed by atoms with Crippen molar-refractivity contribution in [2.45, 2.75) is 25.8 Å². The number of ether oxygens (including phenoxy) is 1. The molecular formula is C13H16BrN3O2. The monoisotopic (exact) mass is 325 g/mol. The van der Waals surface area contributed by atoms with Crippen LogP contribution < -0.4 is 10.5 Å². The molecule has 0 aliphatic heterocycles. The van der Waals surface area contributed by atoms with E-state index in [1.54, 1.807) is 7.11 Å². The van der Waals surface area contributed by atoms with E-state index in [1.807, 2.05) is 32.0 Å². The molecule has 0 amide bonds. The van der Waals surface area contributed by atoms with Gasteiger partial charge in [-0.15, -0.1) is 0 Å². The summed E-state index contributed by atoms with van der Waals surface area (Å²) in [5.41, 5.74) is 7.04. The third-order valence-electron chi connectivity index (χ3n) is 2.76. The molecule has 2 N–H and O–H groups in total. The number of methoxy groups -OCH3 is 1. The molecule has 0 bridgehead atoms. The molecular weight excluding hydrogens is 310 g/mol. The minimum absolute atomic E-state index is 0.191. The number of benzene rings is 1. The lowest BCUT2D eigenvalue weighted by Crippen LogP contribution is -2.13. The molecule has 5 nitrogen and oxygen atoms in total. The maximum atomic E-state index is 6.14. The Labute approximate surface area is 120 Å². The predicted octanol–water partition coefficient (Wildman–Crippen LogP) is 3.01. The van der Waals surface area contributed by atoms with E-state index in [1.165, 1.54) is 0 Å². The lowest BCUT2D eigenvalue weighted by molar-refractivity contribution is 0.359. The highest BCUT2D eigenvalue weighted by Crippen LogP contribution is 2.29.